The lowest BCUT2D eigenvalue weighted by Gasteiger charge is -1.95. The summed E-state index contributed by atoms with van der Waals surface area (Å²) in [5, 5.41) is 0. The molecule has 0 unspecified atom stereocenters. The molecule has 1 heteroatoms. The maximum atomic E-state index is 5.73. The first kappa shape index (κ1) is 9.37. The zero-order chi connectivity index (χ0) is 9.14. The van der Waals surface area contributed by atoms with Crippen molar-refractivity contribution in [2.45, 2.75) is 47.0 Å². The highest BCUT2D eigenvalue weighted by Gasteiger charge is 2.11. The highest BCUT2D eigenvalue weighted by molar-refractivity contribution is 5.32. The van der Waals surface area contributed by atoms with E-state index in [9.17, 15) is 0 Å². The van der Waals surface area contributed by atoms with Gasteiger partial charge in [0.05, 0.1) is 0 Å². The zero-order valence-corrected chi connectivity index (χ0v) is 8.53. The van der Waals surface area contributed by atoms with Crippen LogP contribution in [0.4, 0.5) is 0 Å². The monoisotopic (exact) mass is 166 g/mol. The second-order valence-electron chi connectivity index (χ2n) is 3.11. The van der Waals surface area contributed by atoms with Gasteiger partial charge in [0.25, 0.3) is 0 Å². The van der Waals surface area contributed by atoms with E-state index >= 15 is 0 Å². The molecule has 1 rings (SSSR count). The summed E-state index contributed by atoms with van der Waals surface area (Å²) in [7, 11) is 0. The standard InChI is InChI=1S/C11H18O/c1-5-9-8(4)10(6-2)12-11(9)7-3/h5-7H2,1-4H3. The van der Waals surface area contributed by atoms with E-state index in [0.29, 0.717) is 0 Å². The second kappa shape index (κ2) is 3.79. The fraction of sp³-hybridized carbons (Fsp3) is 0.636. The minimum Gasteiger partial charge on any atom is -0.466 e. The van der Waals surface area contributed by atoms with E-state index in [1.54, 1.807) is 0 Å². The Hall–Kier alpha value is -0.720. The number of furan rings is 1. The van der Waals surface area contributed by atoms with E-state index in [1.165, 1.54) is 22.6 Å². The lowest BCUT2D eigenvalue weighted by Crippen LogP contribution is -1.87. The predicted molar refractivity (Wildman–Crippen MR) is 51.6 cm³/mol. The Kier molecular flexibility index (Phi) is 2.96. The van der Waals surface area contributed by atoms with Crippen molar-refractivity contribution in [1.82, 2.24) is 0 Å². The summed E-state index contributed by atoms with van der Waals surface area (Å²) in [6.07, 6.45) is 3.13. The van der Waals surface area contributed by atoms with E-state index in [4.69, 9.17) is 4.42 Å². The molecule has 1 heterocycles. The molecule has 0 bridgehead atoms. The molecule has 68 valence electrons. The van der Waals surface area contributed by atoms with E-state index in [0.717, 1.165) is 19.3 Å². The molecule has 0 amide bonds. The third kappa shape index (κ3) is 1.40. The van der Waals surface area contributed by atoms with Gasteiger partial charge in [-0.05, 0) is 24.5 Å². The van der Waals surface area contributed by atoms with Gasteiger partial charge >= 0.3 is 0 Å². The molecule has 0 spiro atoms. The normalized spacial score (nSPS) is 10.7. The first-order valence-corrected chi connectivity index (χ1v) is 4.84. The van der Waals surface area contributed by atoms with Crippen molar-refractivity contribution in [1.29, 1.82) is 0 Å². The summed E-state index contributed by atoms with van der Waals surface area (Å²) >= 11 is 0. The van der Waals surface area contributed by atoms with Gasteiger partial charge < -0.3 is 4.42 Å². The molecule has 0 aromatic carbocycles. The van der Waals surface area contributed by atoms with Crippen molar-refractivity contribution >= 4 is 0 Å². The predicted octanol–water partition coefficient (Wildman–Crippen LogP) is 3.28. The number of hydrogen-bond donors (Lipinski definition) is 0. The smallest absolute Gasteiger partial charge is 0.107 e. The van der Waals surface area contributed by atoms with Crippen molar-refractivity contribution in [3.8, 4) is 0 Å². The maximum Gasteiger partial charge on any atom is 0.107 e. The zero-order valence-electron chi connectivity index (χ0n) is 8.53. The van der Waals surface area contributed by atoms with Gasteiger partial charge in [-0.1, -0.05) is 20.8 Å². The highest BCUT2D eigenvalue weighted by Crippen LogP contribution is 2.23. The molecule has 0 aliphatic heterocycles. The van der Waals surface area contributed by atoms with Crippen molar-refractivity contribution in [3.05, 3.63) is 22.6 Å². The number of rotatable bonds is 3. The summed E-state index contributed by atoms with van der Waals surface area (Å²) in [4.78, 5) is 0. The Morgan fingerprint density at radius 2 is 1.50 bits per heavy atom. The molecule has 0 fully saturated rings. The summed E-state index contributed by atoms with van der Waals surface area (Å²) in [5.74, 6) is 2.36. The molecular weight excluding hydrogens is 148 g/mol. The molecular formula is C11H18O. The van der Waals surface area contributed by atoms with Gasteiger partial charge in [-0.15, -0.1) is 0 Å². The van der Waals surface area contributed by atoms with E-state index in [2.05, 4.69) is 27.7 Å². The Morgan fingerprint density at radius 1 is 0.917 bits per heavy atom. The van der Waals surface area contributed by atoms with Crippen LogP contribution in [0.1, 0.15) is 43.4 Å². The molecule has 0 N–H and O–H groups in total. The third-order valence-electron chi connectivity index (χ3n) is 2.45. The quantitative estimate of drug-likeness (QED) is 0.671. The van der Waals surface area contributed by atoms with Crippen LogP contribution in [0.25, 0.3) is 0 Å². The Labute approximate surface area is 74.8 Å². The van der Waals surface area contributed by atoms with Crippen molar-refractivity contribution in [2.75, 3.05) is 0 Å². The van der Waals surface area contributed by atoms with Crippen LogP contribution in [0.2, 0.25) is 0 Å². The number of hydrogen-bond acceptors (Lipinski definition) is 1. The Morgan fingerprint density at radius 3 is 1.83 bits per heavy atom. The van der Waals surface area contributed by atoms with Crippen LogP contribution in [-0.2, 0) is 19.3 Å². The topological polar surface area (TPSA) is 13.1 Å². The summed E-state index contributed by atoms with van der Waals surface area (Å²) in [6.45, 7) is 8.65. The minimum atomic E-state index is 1.01. The van der Waals surface area contributed by atoms with Gasteiger partial charge in [0.2, 0.25) is 0 Å². The van der Waals surface area contributed by atoms with Crippen LogP contribution >= 0.6 is 0 Å². The lowest BCUT2D eigenvalue weighted by atomic mass is 10.1. The van der Waals surface area contributed by atoms with Crippen molar-refractivity contribution in [3.63, 3.8) is 0 Å². The van der Waals surface area contributed by atoms with Crippen molar-refractivity contribution in [2.24, 2.45) is 0 Å². The highest BCUT2D eigenvalue weighted by atomic mass is 16.3. The minimum absolute atomic E-state index is 1.01. The molecule has 0 atom stereocenters. The van der Waals surface area contributed by atoms with Crippen LogP contribution in [0, 0.1) is 6.92 Å². The van der Waals surface area contributed by atoms with Gasteiger partial charge in [-0.3, -0.25) is 0 Å². The molecule has 12 heavy (non-hydrogen) atoms. The number of aryl methyl sites for hydroxylation is 2. The maximum absolute atomic E-state index is 5.73. The molecule has 0 saturated carbocycles. The van der Waals surface area contributed by atoms with Crippen LogP contribution in [0.5, 0.6) is 0 Å². The molecule has 1 aromatic rings. The van der Waals surface area contributed by atoms with E-state index in [1.807, 2.05) is 0 Å². The van der Waals surface area contributed by atoms with Crippen LogP contribution in [-0.4, -0.2) is 0 Å². The molecule has 1 nitrogen and oxygen atoms in total. The van der Waals surface area contributed by atoms with E-state index < -0.39 is 0 Å². The van der Waals surface area contributed by atoms with Crippen LogP contribution in [0.15, 0.2) is 4.42 Å². The van der Waals surface area contributed by atoms with Gasteiger partial charge in [-0.25, -0.2) is 0 Å². The van der Waals surface area contributed by atoms with Crippen LogP contribution < -0.4 is 0 Å². The molecule has 0 saturated heterocycles. The molecule has 0 aliphatic rings. The Bertz CT molecular complexity index is 258. The van der Waals surface area contributed by atoms with Gasteiger partial charge in [0.1, 0.15) is 11.5 Å². The van der Waals surface area contributed by atoms with Crippen molar-refractivity contribution < 1.29 is 4.42 Å². The first-order chi connectivity index (χ1) is 5.74. The van der Waals surface area contributed by atoms with Crippen LogP contribution in [0.3, 0.4) is 0 Å². The average Bonchev–Trinajstić information content (AvgIpc) is 2.41. The summed E-state index contributed by atoms with van der Waals surface area (Å²) in [5.41, 5.74) is 2.80. The molecule has 0 aliphatic carbocycles. The fourth-order valence-corrected chi connectivity index (χ4v) is 1.75. The van der Waals surface area contributed by atoms with Gasteiger partial charge in [-0.2, -0.15) is 0 Å². The largest absolute Gasteiger partial charge is 0.466 e. The van der Waals surface area contributed by atoms with E-state index in [-0.39, 0.29) is 0 Å². The SMILES string of the molecule is CCc1oc(CC)c(CC)c1C. The molecule has 1 aromatic heterocycles. The summed E-state index contributed by atoms with van der Waals surface area (Å²) < 4.78 is 5.73. The van der Waals surface area contributed by atoms with Gasteiger partial charge in [0, 0.05) is 12.8 Å². The third-order valence-corrected chi connectivity index (χ3v) is 2.45. The average molecular weight is 166 g/mol. The molecule has 0 radical (unpaired) electrons. The fourth-order valence-electron chi connectivity index (χ4n) is 1.75. The van der Waals surface area contributed by atoms with Gasteiger partial charge in [0.15, 0.2) is 0 Å². The second-order valence-corrected chi connectivity index (χ2v) is 3.11. The first-order valence-electron chi connectivity index (χ1n) is 4.84. The Balaban J connectivity index is 3.13. The lowest BCUT2D eigenvalue weighted by molar-refractivity contribution is 0.470. The summed E-state index contributed by atoms with van der Waals surface area (Å²) in [6, 6.07) is 0.